The second-order valence-corrected chi connectivity index (χ2v) is 14.4. The molecule has 3 rings (SSSR count). The molecular weight excluding hydrogens is 486 g/mol. The summed E-state index contributed by atoms with van der Waals surface area (Å²) >= 11 is 6.39. The highest BCUT2D eigenvalue weighted by atomic mass is 79.9. The minimum Gasteiger partial charge on any atom is -1.00 e. The number of alkyl halides is 1. The number of rotatable bonds is 1. The first-order valence-corrected chi connectivity index (χ1v) is 12.3. The summed E-state index contributed by atoms with van der Waals surface area (Å²) in [7, 11) is -5.97. The topological polar surface area (TPSA) is 82.2 Å². The fourth-order valence-electron chi connectivity index (χ4n) is 2.72. The molecule has 3 fully saturated rings. The number of hydrogen-bond donors (Lipinski definition) is 1. The summed E-state index contributed by atoms with van der Waals surface area (Å²) in [5.74, 6) is 0.587. The smallest absolute Gasteiger partial charge is 0.269 e. The van der Waals surface area contributed by atoms with Gasteiger partial charge in [-0.2, -0.15) is 0 Å². The van der Waals surface area contributed by atoms with Gasteiger partial charge in [-0.1, -0.05) is 15.9 Å². The Bertz CT molecular complexity index is 677. The third-order valence-electron chi connectivity index (χ3n) is 3.91. The van der Waals surface area contributed by atoms with Gasteiger partial charge in [0.2, 0.25) is 0 Å². The molecule has 3 heterocycles. The second kappa shape index (κ2) is 5.94. The van der Waals surface area contributed by atoms with E-state index in [0.29, 0.717) is 6.42 Å². The number of thioether (sulfide) groups is 2. The van der Waals surface area contributed by atoms with Crippen molar-refractivity contribution in [1.29, 1.82) is 0 Å². The Morgan fingerprint density at radius 3 is 2.48 bits per heavy atom. The van der Waals surface area contributed by atoms with Crippen LogP contribution in [0.2, 0.25) is 0 Å². The average Bonchev–Trinajstić information content (AvgIpc) is 2.84. The standard InChI is InChI=1S/C10H14BrNO4S4.BrH/c1-10-7(5-20(15,16)8(10)11)17-9(18-10)12-6-2-3-19(13,14)4-6;/h6-8H,2-5H2,1H3;1H. The number of fused-ring (bicyclic) bond motifs is 1. The van der Waals surface area contributed by atoms with Crippen LogP contribution < -0.4 is 22.0 Å². The molecule has 21 heavy (non-hydrogen) atoms. The van der Waals surface area contributed by atoms with E-state index in [9.17, 15) is 16.8 Å². The van der Waals surface area contributed by atoms with Gasteiger partial charge in [-0.25, -0.2) is 21.8 Å². The van der Waals surface area contributed by atoms with Gasteiger partial charge >= 0.3 is 0 Å². The molecule has 3 aliphatic heterocycles. The van der Waals surface area contributed by atoms with Crippen molar-refractivity contribution in [2.45, 2.75) is 33.5 Å². The summed E-state index contributed by atoms with van der Waals surface area (Å²) in [6.45, 7) is 1.96. The highest BCUT2D eigenvalue weighted by Crippen LogP contribution is 2.56. The summed E-state index contributed by atoms with van der Waals surface area (Å²) in [6.07, 6.45) is 0.629. The van der Waals surface area contributed by atoms with Crippen molar-refractivity contribution < 1.29 is 38.8 Å². The number of hydrogen-bond acceptors (Lipinski definition) is 6. The predicted octanol–water partition coefficient (Wildman–Crippen LogP) is -3.63. The Morgan fingerprint density at radius 2 is 1.95 bits per heavy atom. The molecule has 0 aromatic heterocycles. The Morgan fingerprint density at radius 1 is 1.29 bits per heavy atom. The average molecular weight is 501 g/mol. The molecule has 0 spiro atoms. The van der Waals surface area contributed by atoms with E-state index in [-0.39, 0.29) is 50.3 Å². The summed E-state index contributed by atoms with van der Waals surface area (Å²) in [5, 5.41) is 0.0161. The van der Waals surface area contributed by atoms with Crippen LogP contribution in [0.5, 0.6) is 0 Å². The van der Waals surface area contributed by atoms with Gasteiger partial charge in [0, 0.05) is 11.7 Å². The van der Waals surface area contributed by atoms with Crippen LogP contribution in [0.4, 0.5) is 0 Å². The minimum absolute atomic E-state index is 0. The van der Waals surface area contributed by atoms with Gasteiger partial charge in [0.25, 0.3) is 4.38 Å². The Balaban J connectivity index is 0.00000161. The predicted molar refractivity (Wildman–Crippen MR) is 86.9 cm³/mol. The molecule has 0 amide bonds. The lowest BCUT2D eigenvalue weighted by molar-refractivity contribution is -0.489. The van der Waals surface area contributed by atoms with Crippen LogP contribution in [-0.2, 0) is 19.7 Å². The molecule has 3 saturated heterocycles. The van der Waals surface area contributed by atoms with Gasteiger partial charge in [0.05, 0.1) is 16.3 Å². The summed E-state index contributed by atoms with van der Waals surface area (Å²) in [5.41, 5.74) is 0. The number of sulfone groups is 2. The van der Waals surface area contributed by atoms with E-state index in [4.69, 9.17) is 0 Å². The van der Waals surface area contributed by atoms with Crippen LogP contribution in [0.15, 0.2) is 0 Å². The fraction of sp³-hybridized carbons (Fsp3) is 0.900. The second-order valence-electron chi connectivity index (χ2n) is 5.57. The van der Waals surface area contributed by atoms with Crippen LogP contribution in [-0.4, -0.2) is 58.7 Å². The van der Waals surface area contributed by atoms with E-state index in [0.717, 1.165) is 4.38 Å². The minimum atomic E-state index is -3.07. The Kier molecular flexibility index (Phi) is 5.26. The number of nitrogens with one attached hydrogen (secondary N) is 1. The molecule has 5 nitrogen and oxygen atoms in total. The number of halogens is 2. The molecule has 0 aromatic rings. The molecule has 0 bridgehead atoms. The van der Waals surface area contributed by atoms with E-state index in [1.807, 2.05) is 6.92 Å². The quantitative estimate of drug-likeness (QED) is 0.374. The maximum Gasteiger partial charge on any atom is 0.269 e. The molecule has 11 heteroatoms. The van der Waals surface area contributed by atoms with Gasteiger partial charge in [0.1, 0.15) is 9.91 Å². The van der Waals surface area contributed by atoms with Crippen molar-refractivity contribution in [3.05, 3.63) is 0 Å². The Labute approximate surface area is 152 Å². The first-order valence-electron chi connectivity index (χ1n) is 6.18. The van der Waals surface area contributed by atoms with Crippen molar-refractivity contribution in [2.24, 2.45) is 0 Å². The third-order valence-corrected chi connectivity index (χ3v) is 14.1. The van der Waals surface area contributed by atoms with Crippen molar-refractivity contribution in [3.8, 4) is 0 Å². The third kappa shape index (κ3) is 3.38. The highest BCUT2D eigenvalue weighted by molar-refractivity contribution is 9.11. The summed E-state index contributed by atoms with van der Waals surface area (Å²) in [4.78, 5) is 3.28. The molecule has 0 radical (unpaired) electrons. The van der Waals surface area contributed by atoms with E-state index < -0.39 is 23.8 Å². The maximum absolute atomic E-state index is 11.9. The lowest BCUT2D eigenvalue weighted by Gasteiger charge is -2.21. The zero-order valence-corrected chi connectivity index (χ0v) is 17.5. The van der Waals surface area contributed by atoms with Crippen molar-refractivity contribution in [3.63, 3.8) is 0 Å². The fourth-order valence-corrected chi connectivity index (χ4v) is 12.2. The Hall–Kier alpha value is 1.23. The van der Waals surface area contributed by atoms with Crippen LogP contribution in [0.1, 0.15) is 13.3 Å². The largest absolute Gasteiger partial charge is 1.00 e. The molecule has 4 unspecified atom stereocenters. The lowest BCUT2D eigenvalue weighted by Crippen LogP contribution is -3.00. The molecule has 0 aromatic carbocycles. The van der Waals surface area contributed by atoms with Crippen LogP contribution in [0, 0.1) is 0 Å². The van der Waals surface area contributed by atoms with Gasteiger partial charge in [0.15, 0.2) is 25.7 Å². The summed E-state index contributed by atoms with van der Waals surface area (Å²) < 4.78 is 46.8. The van der Waals surface area contributed by atoms with E-state index in [1.165, 1.54) is 23.5 Å². The lowest BCUT2D eigenvalue weighted by atomic mass is 10.1. The zero-order chi connectivity index (χ0) is 14.8. The molecule has 1 N–H and O–H groups in total. The highest BCUT2D eigenvalue weighted by Gasteiger charge is 2.62. The molecular formula is C10H15Br2NO4S4. The summed E-state index contributed by atoms with van der Waals surface area (Å²) in [6, 6.07) is -0.0391. The van der Waals surface area contributed by atoms with Crippen LogP contribution in [0.25, 0.3) is 0 Å². The van der Waals surface area contributed by atoms with Gasteiger partial charge in [-0.3, -0.25) is 0 Å². The van der Waals surface area contributed by atoms with E-state index in [1.54, 1.807) is 0 Å². The first-order chi connectivity index (χ1) is 9.12. The molecule has 122 valence electrons. The van der Waals surface area contributed by atoms with Gasteiger partial charge in [-0.05, 0) is 30.4 Å². The van der Waals surface area contributed by atoms with Crippen molar-refractivity contribution in [1.82, 2.24) is 0 Å². The molecule has 3 aliphatic rings. The normalized spacial score (nSPS) is 45.4. The monoisotopic (exact) mass is 499 g/mol. The molecule has 4 atom stereocenters. The van der Waals surface area contributed by atoms with Crippen molar-refractivity contribution in [2.75, 3.05) is 17.3 Å². The first kappa shape index (κ1) is 18.6. The van der Waals surface area contributed by atoms with Gasteiger partial charge < -0.3 is 17.0 Å². The van der Waals surface area contributed by atoms with Gasteiger partial charge in [-0.15, -0.1) is 0 Å². The molecule has 0 aliphatic carbocycles. The zero-order valence-electron chi connectivity index (χ0n) is 11.1. The van der Waals surface area contributed by atoms with Crippen LogP contribution in [0.3, 0.4) is 0 Å². The maximum atomic E-state index is 11.9. The van der Waals surface area contributed by atoms with E-state index >= 15 is 0 Å². The van der Waals surface area contributed by atoms with Crippen molar-refractivity contribution >= 4 is 63.5 Å². The van der Waals surface area contributed by atoms with Crippen LogP contribution >= 0.6 is 39.5 Å². The SMILES string of the molecule is CC12SC(=[NH+]C3CCS(=O)(=O)C3)SC1CS(=O)(=O)C2Br.[Br-]. The van der Waals surface area contributed by atoms with E-state index in [2.05, 4.69) is 20.9 Å². The molecule has 0 saturated carbocycles.